The molecule has 1 N–H and O–H groups in total. The van der Waals surface area contributed by atoms with Crippen molar-refractivity contribution in [2.45, 2.75) is 39.7 Å². The molecule has 2 rings (SSSR count). The quantitative estimate of drug-likeness (QED) is 0.653. The predicted molar refractivity (Wildman–Crippen MR) is 57.2 cm³/mol. The van der Waals surface area contributed by atoms with Crippen LogP contribution in [0.3, 0.4) is 0 Å². The van der Waals surface area contributed by atoms with Gasteiger partial charge in [-0.3, -0.25) is 9.59 Å². The van der Waals surface area contributed by atoms with Crippen molar-refractivity contribution < 1.29 is 9.59 Å². The third kappa shape index (κ3) is 1.60. The molecule has 0 bridgehead atoms. The van der Waals surface area contributed by atoms with E-state index in [4.69, 9.17) is 0 Å². The number of Topliss-reactive ketones (excluding diaryl/α,β-unsaturated/α-hetero) is 1. The molecule has 0 aromatic carbocycles. The summed E-state index contributed by atoms with van der Waals surface area (Å²) in [6, 6.07) is 0.0115. The lowest BCUT2D eigenvalue weighted by molar-refractivity contribution is -0.135. The smallest absolute Gasteiger partial charge is 0.220 e. The van der Waals surface area contributed by atoms with Crippen LogP contribution >= 0.6 is 0 Å². The van der Waals surface area contributed by atoms with Crippen molar-refractivity contribution in [2.24, 2.45) is 11.3 Å². The van der Waals surface area contributed by atoms with E-state index in [-0.39, 0.29) is 29.1 Å². The Hall–Kier alpha value is -1.12. The summed E-state index contributed by atoms with van der Waals surface area (Å²) in [5.41, 5.74) is 0.639. The van der Waals surface area contributed by atoms with Crippen molar-refractivity contribution in [3.8, 4) is 0 Å². The van der Waals surface area contributed by atoms with Gasteiger partial charge in [0.15, 0.2) is 5.78 Å². The van der Waals surface area contributed by atoms with Gasteiger partial charge in [-0.2, -0.15) is 0 Å². The van der Waals surface area contributed by atoms with E-state index in [9.17, 15) is 9.59 Å². The molecule has 0 spiro atoms. The van der Waals surface area contributed by atoms with Gasteiger partial charge in [0, 0.05) is 18.4 Å². The Morgan fingerprint density at radius 1 is 1.40 bits per heavy atom. The van der Waals surface area contributed by atoms with Crippen LogP contribution in [0.25, 0.3) is 0 Å². The van der Waals surface area contributed by atoms with E-state index in [1.807, 2.05) is 26.8 Å². The second-order valence-electron chi connectivity index (χ2n) is 5.30. The van der Waals surface area contributed by atoms with E-state index >= 15 is 0 Å². The van der Waals surface area contributed by atoms with Crippen LogP contribution < -0.4 is 5.32 Å². The summed E-state index contributed by atoms with van der Waals surface area (Å²) in [4.78, 5) is 23.5. The maximum atomic E-state index is 12.1. The Balaban J connectivity index is 2.37. The number of hydrogen-bond acceptors (Lipinski definition) is 2. The number of ketones is 1. The number of carbonyl (C=O) groups is 2. The molecule has 0 radical (unpaired) electrons. The number of amides is 1. The lowest BCUT2D eigenvalue weighted by Gasteiger charge is -2.44. The third-order valence-electron chi connectivity index (χ3n) is 3.56. The number of fused-ring (bicyclic) bond motifs is 1. The Morgan fingerprint density at radius 3 is 2.73 bits per heavy atom. The first-order valence-electron chi connectivity index (χ1n) is 5.42. The molecule has 1 aliphatic carbocycles. The predicted octanol–water partition coefficient (Wildman–Crippen LogP) is 1.44. The van der Waals surface area contributed by atoms with Gasteiger partial charge in [0.2, 0.25) is 5.91 Å². The van der Waals surface area contributed by atoms with Crippen LogP contribution in [0, 0.1) is 11.3 Å². The van der Waals surface area contributed by atoms with Gasteiger partial charge in [0.05, 0.1) is 0 Å². The topological polar surface area (TPSA) is 46.2 Å². The minimum atomic E-state index is -0.209. The second-order valence-corrected chi connectivity index (χ2v) is 5.30. The monoisotopic (exact) mass is 207 g/mol. The molecule has 1 aliphatic heterocycles. The van der Waals surface area contributed by atoms with Crippen molar-refractivity contribution in [3.05, 3.63) is 11.6 Å². The third-order valence-corrected chi connectivity index (χ3v) is 3.56. The molecule has 3 nitrogen and oxygen atoms in total. The first kappa shape index (κ1) is 10.4. The summed E-state index contributed by atoms with van der Waals surface area (Å²) >= 11 is 0. The Morgan fingerprint density at radius 2 is 2.07 bits per heavy atom. The molecule has 1 saturated heterocycles. The normalized spacial score (nSPS) is 34.2. The lowest BCUT2D eigenvalue weighted by atomic mass is 9.64. The molecular formula is C12H17NO2. The fourth-order valence-electron chi connectivity index (χ4n) is 2.79. The van der Waals surface area contributed by atoms with Crippen molar-refractivity contribution in [3.63, 3.8) is 0 Å². The fourth-order valence-corrected chi connectivity index (χ4v) is 2.79. The number of allylic oxidation sites excluding steroid dienone is 1. The van der Waals surface area contributed by atoms with Gasteiger partial charge >= 0.3 is 0 Å². The fraction of sp³-hybridized carbons (Fsp3) is 0.667. The van der Waals surface area contributed by atoms with E-state index in [1.54, 1.807) is 0 Å². The van der Waals surface area contributed by atoms with E-state index in [2.05, 4.69) is 5.32 Å². The summed E-state index contributed by atoms with van der Waals surface area (Å²) in [6.07, 6.45) is 3.18. The van der Waals surface area contributed by atoms with Gasteiger partial charge in [0.1, 0.15) is 0 Å². The highest BCUT2D eigenvalue weighted by molar-refractivity contribution is 6.00. The van der Waals surface area contributed by atoms with Crippen molar-refractivity contribution in [1.82, 2.24) is 5.32 Å². The number of piperidine rings is 1. The van der Waals surface area contributed by atoms with Crippen LogP contribution in [0.1, 0.15) is 33.6 Å². The number of hydrogen-bond donors (Lipinski definition) is 1. The van der Waals surface area contributed by atoms with Gasteiger partial charge in [0.25, 0.3) is 0 Å². The molecule has 1 fully saturated rings. The van der Waals surface area contributed by atoms with E-state index < -0.39 is 0 Å². The van der Waals surface area contributed by atoms with Crippen LogP contribution in [0.15, 0.2) is 11.6 Å². The zero-order valence-corrected chi connectivity index (χ0v) is 9.46. The van der Waals surface area contributed by atoms with Crippen molar-refractivity contribution in [1.29, 1.82) is 0 Å². The maximum absolute atomic E-state index is 12.1. The molecule has 0 aromatic rings. The zero-order valence-electron chi connectivity index (χ0n) is 9.46. The van der Waals surface area contributed by atoms with Gasteiger partial charge in [-0.1, -0.05) is 19.9 Å². The molecule has 0 aromatic heterocycles. The van der Waals surface area contributed by atoms with Crippen molar-refractivity contribution in [2.75, 3.05) is 0 Å². The molecule has 2 unspecified atom stereocenters. The first-order valence-corrected chi connectivity index (χ1v) is 5.42. The number of carbonyl (C=O) groups excluding carboxylic acids is 2. The first-order chi connectivity index (χ1) is 6.92. The molecule has 3 heteroatoms. The molecule has 1 heterocycles. The van der Waals surface area contributed by atoms with Gasteiger partial charge < -0.3 is 5.32 Å². The van der Waals surface area contributed by atoms with Crippen LogP contribution in [-0.2, 0) is 9.59 Å². The Bertz CT molecular complexity index is 355. The van der Waals surface area contributed by atoms with E-state index in [0.29, 0.717) is 6.42 Å². The average Bonchev–Trinajstić information content (AvgIpc) is 2.08. The molecule has 15 heavy (non-hydrogen) atoms. The van der Waals surface area contributed by atoms with Crippen LogP contribution in [0.4, 0.5) is 0 Å². The Labute approximate surface area is 89.9 Å². The highest BCUT2D eigenvalue weighted by Crippen LogP contribution is 2.41. The maximum Gasteiger partial charge on any atom is 0.220 e. The largest absolute Gasteiger partial charge is 0.352 e. The van der Waals surface area contributed by atoms with Crippen molar-refractivity contribution >= 4 is 11.7 Å². The molecule has 0 saturated carbocycles. The summed E-state index contributed by atoms with van der Waals surface area (Å²) in [5, 5.41) is 2.92. The van der Waals surface area contributed by atoms with Crippen LogP contribution in [0.5, 0.6) is 0 Å². The molecule has 82 valence electrons. The van der Waals surface area contributed by atoms with Gasteiger partial charge in [-0.05, 0) is 24.3 Å². The minimum Gasteiger partial charge on any atom is -0.352 e. The summed E-state index contributed by atoms with van der Waals surface area (Å²) in [5.74, 6) is 0.235. The van der Waals surface area contributed by atoms with E-state index in [0.717, 1.165) is 12.0 Å². The number of rotatable bonds is 0. The molecular weight excluding hydrogens is 190 g/mol. The standard InChI is InChI=1S/C12H17NO2/c1-7-4-5-8-10(11(7)15)12(2,3)6-9(14)13-8/h4,8,10H,5-6H2,1-3H3,(H,13,14). The van der Waals surface area contributed by atoms with E-state index in [1.165, 1.54) is 0 Å². The minimum absolute atomic E-state index is 0.0115. The summed E-state index contributed by atoms with van der Waals surface area (Å²) in [6.45, 7) is 5.89. The lowest BCUT2D eigenvalue weighted by Crippen LogP contribution is -2.56. The van der Waals surface area contributed by atoms with Gasteiger partial charge in [-0.15, -0.1) is 0 Å². The Kier molecular flexibility index (Phi) is 2.21. The summed E-state index contributed by atoms with van der Waals surface area (Å²) in [7, 11) is 0. The van der Waals surface area contributed by atoms with Crippen LogP contribution in [-0.4, -0.2) is 17.7 Å². The molecule has 2 atom stereocenters. The average molecular weight is 207 g/mol. The second kappa shape index (κ2) is 3.19. The van der Waals surface area contributed by atoms with Gasteiger partial charge in [-0.25, -0.2) is 0 Å². The highest BCUT2D eigenvalue weighted by Gasteiger charge is 2.47. The SMILES string of the molecule is CC1=CCC2NC(=O)CC(C)(C)C2C1=O. The zero-order chi connectivity index (χ0) is 11.2. The molecule has 1 amide bonds. The highest BCUT2D eigenvalue weighted by atomic mass is 16.2. The molecule has 2 aliphatic rings. The summed E-state index contributed by atoms with van der Waals surface area (Å²) < 4.78 is 0. The number of nitrogens with one attached hydrogen (secondary N) is 1. The van der Waals surface area contributed by atoms with Crippen LogP contribution in [0.2, 0.25) is 0 Å².